The van der Waals surface area contributed by atoms with Crippen LogP contribution in [0, 0.1) is 0 Å². The maximum absolute atomic E-state index is 10.5. The molecule has 0 saturated heterocycles. The third-order valence-corrected chi connectivity index (χ3v) is 0.962. The highest BCUT2D eigenvalue weighted by Gasteiger charge is 1.95. The Hall–Kier alpha value is -0.310. The van der Waals surface area contributed by atoms with Crippen molar-refractivity contribution in [3.63, 3.8) is 0 Å². The summed E-state index contributed by atoms with van der Waals surface area (Å²) in [4.78, 5) is 10.5. The van der Waals surface area contributed by atoms with Gasteiger partial charge in [0.25, 0.3) is 5.91 Å². The molecule has 0 N–H and O–H groups in total. The summed E-state index contributed by atoms with van der Waals surface area (Å²) in [6, 6.07) is 0. The van der Waals surface area contributed by atoms with Crippen LogP contribution in [0.15, 0.2) is 12.2 Å². The predicted molar refractivity (Wildman–Crippen MR) is 36.5 cm³/mol. The molecule has 0 atom stereocenters. The Bertz CT molecular complexity index is 109. The van der Waals surface area contributed by atoms with Gasteiger partial charge in [0, 0.05) is 7.05 Å². The van der Waals surface area contributed by atoms with E-state index in [1.807, 2.05) is 0 Å². The molecule has 0 rings (SSSR count). The molecule has 1 amide bonds. The Kier molecular flexibility index (Phi) is 3.52. The fraction of sp³-hybridized carbons (Fsp3) is 0.400. The lowest BCUT2D eigenvalue weighted by Gasteiger charge is -2.00. The molecule has 0 aliphatic heterocycles. The van der Waals surface area contributed by atoms with Gasteiger partial charge in [-0.2, -0.15) is 0 Å². The second kappa shape index (κ2) is 3.66. The molecule has 0 aromatic heterocycles. The highest BCUT2D eigenvalue weighted by Crippen LogP contribution is 1.92. The highest BCUT2D eigenvalue weighted by atomic mass is 79.9. The molecule has 0 aliphatic rings. The van der Waals surface area contributed by atoms with E-state index in [0.29, 0.717) is 0 Å². The van der Waals surface area contributed by atoms with Crippen molar-refractivity contribution >= 4 is 22.1 Å². The van der Waals surface area contributed by atoms with E-state index in [1.165, 1.54) is 10.0 Å². The van der Waals surface area contributed by atoms with Gasteiger partial charge in [-0.1, -0.05) is 6.08 Å². The number of amides is 1. The summed E-state index contributed by atoms with van der Waals surface area (Å²) in [7, 11) is 1.64. The molecule has 0 saturated carbocycles. The number of allylic oxidation sites excluding steroid dienone is 1. The molecule has 3 heteroatoms. The van der Waals surface area contributed by atoms with E-state index in [-0.39, 0.29) is 5.91 Å². The van der Waals surface area contributed by atoms with Crippen LogP contribution in [0.25, 0.3) is 0 Å². The molecule has 0 unspecified atom stereocenters. The van der Waals surface area contributed by atoms with Crippen LogP contribution >= 0.6 is 16.1 Å². The zero-order valence-corrected chi connectivity index (χ0v) is 6.47. The van der Waals surface area contributed by atoms with Crippen molar-refractivity contribution in [1.29, 1.82) is 0 Å². The van der Waals surface area contributed by atoms with Crippen molar-refractivity contribution in [2.75, 3.05) is 7.05 Å². The first-order valence-electron chi connectivity index (χ1n) is 2.24. The molecular formula is C5H8BrNO. The van der Waals surface area contributed by atoms with Crippen LogP contribution in [-0.2, 0) is 4.79 Å². The van der Waals surface area contributed by atoms with Crippen LogP contribution in [0.4, 0.5) is 0 Å². The van der Waals surface area contributed by atoms with Gasteiger partial charge in [0.05, 0.1) is 16.1 Å². The monoisotopic (exact) mass is 177 g/mol. The topological polar surface area (TPSA) is 20.3 Å². The Labute approximate surface area is 57.5 Å². The highest BCUT2D eigenvalue weighted by molar-refractivity contribution is 9.07. The average molecular weight is 178 g/mol. The molecule has 46 valence electrons. The van der Waals surface area contributed by atoms with Crippen LogP contribution in [0.5, 0.6) is 0 Å². The molecule has 0 bridgehead atoms. The molecular weight excluding hydrogens is 170 g/mol. The minimum atomic E-state index is -0.0486. The Morgan fingerprint density at radius 3 is 2.38 bits per heavy atom. The van der Waals surface area contributed by atoms with Crippen LogP contribution in [0.1, 0.15) is 6.92 Å². The van der Waals surface area contributed by atoms with Gasteiger partial charge in [0.15, 0.2) is 0 Å². The molecule has 0 heterocycles. The first-order valence-corrected chi connectivity index (χ1v) is 2.95. The molecule has 0 spiro atoms. The predicted octanol–water partition coefficient (Wildman–Crippen LogP) is 1.33. The van der Waals surface area contributed by atoms with Crippen LogP contribution < -0.4 is 0 Å². The molecule has 8 heavy (non-hydrogen) atoms. The lowest BCUT2D eigenvalue weighted by atomic mass is 10.5. The van der Waals surface area contributed by atoms with Crippen LogP contribution in [0.3, 0.4) is 0 Å². The van der Waals surface area contributed by atoms with Gasteiger partial charge in [-0.15, -0.1) is 0 Å². The molecule has 0 fully saturated rings. The first kappa shape index (κ1) is 7.69. The molecule has 0 aromatic rings. The van der Waals surface area contributed by atoms with E-state index in [9.17, 15) is 4.79 Å². The summed E-state index contributed by atoms with van der Waals surface area (Å²) in [5.74, 6) is -0.0486. The van der Waals surface area contributed by atoms with Crippen molar-refractivity contribution in [3.05, 3.63) is 12.2 Å². The number of rotatable bonds is 1. The number of halogens is 1. The quantitative estimate of drug-likeness (QED) is 0.438. The molecule has 0 aromatic carbocycles. The minimum absolute atomic E-state index is 0.0486. The van der Waals surface area contributed by atoms with Crippen molar-refractivity contribution in [3.8, 4) is 0 Å². The van der Waals surface area contributed by atoms with E-state index in [0.717, 1.165) is 0 Å². The number of carbonyl (C=O) groups excluding carboxylic acids is 1. The van der Waals surface area contributed by atoms with Crippen molar-refractivity contribution < 1.29 is 4.79 Å². The Morgan fingerprint density at radius 1 is 1.75 bits per heavy atom. The number of likely N-dealkylation sites (N-methyl/N-ethyl adjacent to an activating group) is 1. The summed E-state index contributed by atoms with van der Waals surface area (Å²) in [5.41, 5.74) is 0. The number of hydrogen-bond donors (Lipinski definition) is 0. The SMILES string of the molecule is C/C=C/C(=O)N(C)Br. The molecule has 2 nitrogen and oxygen atoms in total. The van der Waals surface area contributed by atoms with Gasteiger partial charge < -0.3 is 0 Å². The summed E-state index contributed by atoms with van der Waals surface area (Å²) in [5, 5.41) is 0. The lowest BCUT2D eigenvalue weighted by molar-refractivity contribution is -0.120. The second-order valence-electron chi connectivity index (χ2n) is 1.32. The van der Waals surface area contributed by atoms with Crippen molar-refractivity contribution in [1.82, 2.24) is 3.93 Å². The van der Waals surface area contributed by atoms with Crippen LogP contribution in [-0.4, -0.2) is 16.9 Å². The van der Waals surface area contributed by atoms with Gasteiger partial charge in [0.1, 0.15) is 0 Å². The van der Waals surface area contributed by atoms with E-state index in [1.54, 1.807) is 20.0 Å². The maximum Gasteiger partial charge on any atom is 0.255 e. The summed E-state index contributed by atoms with van der Waals surface area (Å²) in [6.45, 7) is 1.80. The first-order chi connectivity index (χ1) is 3.68. The lowest BCUT2D eigenvalue weighted by Crippen LogP contribution is -2.11. The smallest absolute Gasteiger partial charge is 0.255 e. The van der Waals surface area contributed by atoms with E-state index in [2.05, 4.69) is 16.1 Å². The Balaban J connectivity index is 3.66. The minimum Gasteiger partial charge on any atom is -0.278 e. The van der Waals surface area contributed by atoms with E-state index in [4.69, 9.17) is 0 Å². The van der Waals surface area contributed by atoms with E-state index < -0.39 is 0 Å². The van der Waals surface area contributed by atoms with Crippen LogP contribution in [0.2, 0.25) is 0 Å². The van der Waals surface area contributed by atoms with Gasteiger partial charge in [-0.05, 0) is 13.0 Å². The normalized spacial score (nSPS) is 9.88. The van der Waals surface area contributed by atoms with Gasteiger partial charge in [-0.25, -0.2) is 0 Å². The zero-order chi connectivity index (χ0) is 6.57. The largest absolute Gasteiger partial charge is 0.278 e. The van der Waals surface area contributed by atoms with Crippen molar-refractivity contribution in [2.24, 2.45) is 0 Å². The van der Waals surface area contributed by atoms with Gasteiger partial charge >= 0.3 is 0 Å². The fourth-order valence-electron chi connectivity index (χ4n) is 0.245. The summed E-state index contributed by atoms with van der Waals surface area (Å²) >= 11 is 2.97. The molecule has 0 aliphatic carbocycles. The number of nitrogens with zero attached hydrogens (tertiary/aromatic N) is 1. The zero-order valence-electron chi connectivity index (χ0n) is 4.89. The third kappa shape index (κ3) is 2.80. The van der Waals surface area contributed by atoms with Gasteiger partial charge in [-0.3, -0.25) is 8.72 Å². The Morgan fingerprint density at radius 2 is 2.25 bits per heavy atom. The second-order valence-corrected chi connectivity index (χ2v) is 2.38. The van der Waals surface area contributed by atoms with Crippen molar-refractivity contribution in [2.45, 2.75) is 6.92 Å². The average Bonchev–Trinajstić information content (AvgIpc) is 1.67. The fourth-order valence-corrected chi connectivity index (χ4v) is 0.363. The maximum atomic E-state index is 10.5. The number of hydrogen-bond acceptors (Lipinski definition) is 1. The molecule has 0 radical (unpaired) electrons. The third-order valence-electron chi connectivity index (χ3n) is 0.613. The standard InChI is InChI=1S/C5H8BrNO/c1-3-4-5(8)7(2)6/h3-4H,1-2H3/b4-3+. The van der Waals surface area contributed by atoms with Gasteiger partial charge in [0.2, 0.25) is 0 Å². The summed E-state index contributed by atoms with van der Waals surface area (Å²) < 4.78 is 1.34. The summed E-state index contributed by atoms with van der Waals surface area (Å²) in [6.07, 6.45) is 3.18. The van der Waals surface area contributed by atoms with E-state index >= 15 is 0 Å². The number of carbonyl (C=O) groups is 1.